The predicted octanol–water partition coefficient (Wildman–Crippen LogP) is 3.43. The van der Waals surface area contributed by atoms with E-state index >= 15 is 0 Å². The van der Waals surface area contributed by atoms with Crippen molar-refractivity contribution in [1.29, 1.82) is 0 Å². The molecule has 0 radical (unpaired) electrons. The SMILES string of the molecule is CCNCc1ccc(OCc2cccnc2OC)c(Cl)c1. The Kier molecular flexibility index (Phi) is 5.84. The summed E-state index contributed by atoms with van der Waals surface area (Å²) in [5.74, 6) is 1.22. The number of ether oxygens (including phenoxy) is 2. The molecule has 0 aliphatic heterocycles. The third kappa shape index (κ3) is 4.34. The van der Waals surface area contributed by atoms with Gasteiger partial charge in [-0.2, -0.15) is 0 Å². The average Bonchev–Trinajstić information content (AvgIpc) is 2.52. The molecular weight excluding hydrogens is 288 g/mol. The summed E-state index contributed by atoms with van der Waals surface area (Å²) in [6, 6.07) is 9.57. The summed E-state index contributed by atoms with van der Waals surface area (Å²) < 4.78 is 10.9. The maximum Gasteiger partial charge on any atom is 0.219 e. The molecule has 1 aromatic heterocycles. The molecule has 2 aromatic rings. The monoisotopic (exact) mass is 306 g/mol. The van der Waals surface area contributed by atoms with E-state index in [1.807, 2.05) is 30.3 Å². The van der Waals surface area contributed by atoms with Crippen LogP contribution < -0.4 is 14.8 Å². The number of methoxy groups -OCH3 is 1. The van der Waals surface area contributed by atoms with Crippen LogP contribution in [0.3, 0.4) is 0 Å². The highest BCUT2D eigenvalue weighted by Gasteiger charge is 2.07. The maximum absolute atomic E-state index is 6.25. The molecule has 1 aromatic carbocycles. The molecule has 0 unspecified atom stereocenters. The lowest BCUT2D eigenvalue weighted by Gasteiger charge is -2.11. The van der Waals surface area contributed by atoms with Crippen molar-refractivity contribution in [1.82, 2.24) is 10.3 Å². The lowest BCUT2D eigenvalue weighted by molar-refractivity contribution is 0.294. The highest BCUT2D eigenvalue weighted by atomic mass is 35.5. The summed E-state index contributed by atoms with van der Waals surface area (Å²) in [7, 11) is 1.59. The molecule has 0 amide bonds. The van der Waals surface area contributed by atoms with Gasteiger partial charge in [-0.1, -0.05) is 24.6 Å². The minimum atomic E-state index is 0.364. The lowest BCUT2D eigenvalue weighted by atomic mass is 10.2. The van der Waals surface area contributed by atoms with Gasteiger partial charge in [0, 0.05) is 12.7 Å². The van der Waals surface area contributed by atoms with E-state index in [1.54, 1.807) is 13.3 Å². The van der Waals surface area contributed by atoms with Gasteiger partial charge in [0.1, 0.15) is 12.4 Å². The highest BCUT2D eigenvalue weighted by molar-refractivity contribution is 6.32. The van der Waals surface area contributed by atoms with E-state index < -0.39 is 0 Å². The average molecular weight is 307 g/mol. The van der Waals surface area contributed by atoms with Gasteiger partial charge in [-0.25, -0.2) is 4.98 Å². The summed E-state index contributed by atoms with van der Waals surface area (Å²) in [6.45, 7) is 4.16. The summed E-state index contributed by atoms with van der Waals surface area (Å²) in [5.41, 5.74) is 2.01. The van der Waals surface area contributed by atoms with Gasteiger partial charge in [-0.3, -0.25) is 0 Å². The summed E-state index contributed by atoms with van der Waals surface area (Å²) in [5, 5.41) is 3.86. The number of rotatable bonds is 7. The van der Waals surface area contributed by atoms with E-state index in [-0.39, 0.29) is 0 Å². The van der Waals surface area contributed by atoms with E-state index in [0.29, 0.717) is 23.3 Å². The standard InChI is InChI=1S/C16H19ClN2O2/c1-3-18-10-12-6-7-15(14(17)9-12)21-11-13-5-4-8-19-16(13)20-2/h4-9,18H,3,10-11H2,1-2H3. The van der Waals surface area contributed by atoms with Crippen molar-refractivity contribution in [3.8, 4) is 11.6 Å². The molecule has 0 bridgehead atoms. The molecule has 1 N–H and O–H groups in total. The molecule has 1 heterocycles. The van der Waals surface area contributed by atoms with Crippen molar-refractivity contribution < 1.29 is 9.47 Å². The van der Waals surface area contributed by atoms with Gasteiger partial charge in [-0.05, 0) is 36.4 Å². The Morgan fingerprint density at radius 2 is 2.14 bits per heavy atom. The second kappa shape index (κ2) is 7.86. The fraction of sp³-hybridized carbons (Fsp3) is 0.312. The van der Waals surface area contributed by atoms with Gasteiger partial charge in [0.05, 0.1) is 17.7 Å². The van der Waals surface area contributed by atoms with Crippen molar-refractivity contribution in [2.45, 2.75) is 20.1 Å². The number of nitrogens with one attached hydrogen (secondary N) is 1. The molecule has 2 rings (SSSR count). The van der Waals surface area contributed by atoms with Crippen molar-refractivity contribution in [2.24, 2.45) is 0 Å². The zero-order chi connectivity index (χ0) is 15.1. The van der Waals surface area contributed by atoms with Crippen LogP contribution in [0.15, 0.2) is 36.5 Å². The smallest absolute Gasteiger partial charge is 0.219 e. The summed E-state index contributed by atoms with van der Waals surface area (Å²) in [6.07, 6.45) is 1.69. The number of benzene rings is 1. The van der Waals surface area contributed by atoms with Crippen LogP contribution in [0.5, 0.6) is 11.6 Å². The van der Waals surface area contributed by atoms with Crippen LogP contribution in [0.2, 0.25) is 5.02 Å². The van der Waals surface area contributed by atoms with Gasteiger partial charge >= 0.3 is 0 Å². The number of halogens is 1. The molecular formula is C16H19ClN2O2. The van der Waals surface area contributed by atoms with Crippen molar-refractivity contribution in [3.05, 3.63) is 52.7 Å². The molecule has 0 aliphatic carbocycles. The zero-order valence-corrected chi connectivity index (χ0v) is 13.0. The zero-order valence-electron chi connectivity index (χ0n) is 12.2. The second-order valence-electron chi connectivity index (χ2n) is 4.51. The van der Waals surface area contributed by atoms with Crippen molar-refractivity contribution in [2.75, 3.05) is 13.7 Å². The Morgan fingerprint density at radius 3 is 2.86 bits per heavy atom. The molecule has 21 heavy (non-hydrogen) atoms. The van der Waals surface area contributed by atoms with Gasteiger partial charge in [0.2, 0.25) is 5.88 Å². The van der Waals surface area contributed by atoms with E-state index in [4.69, 9.17) is 21.1 Å². The van der Waals surface area contributed by atoms with E-state index in [2.05, 4.69) is 17.2 Å². The van der Waals surface area contributed by atoms with Crippen LogP contribution in [0.25, 0.3) is 0 Å². The first kappa shape index (κ1) is 15.6. The topological polar surface area (TPSA) is 43.4 Å². The van der Waals surface area contributed by atoms with E-state index in [9.17, 15) is 0 Å². The minimum absolute atomic E-state index is 0.364. The first-order chi connectivity index (χ1) is 10.2. The van der Waals surface area contributed by atoms with Crippen LogP contribution in [-0.2, 0) is 13.2 Å². The molecule has 112 valence electrons. The van der Waals surface area contributed by atoms with Crippen LogP contribution >= 0.6 is 11.6 Å². The van der Waals surface area contributed by atoms with Gasteiger partial charge < -0.3 is 14.8 Å². The van der Waals surface area contributed by atoms with Gasteiger partial charge in [-0.15, -0.1) is 0 Å². The first-order valence-electron chi connectivity index (χ1n) is 6.84. The van der Waals surface area contributed by atoms with Crippen LogP contribution in [0, 0.1) is 0 Å². The number of pyridine rings is 1. The number of nitrogens with zero attached hydrogens (tertiary/aromatic N) is 1. The van der Waals surface area contributed by atoms with Gasteiger partial charge in [0.25, 0.3) is 0 Å². The fourth-order valence-electron chi connectivity index (χ4n) is 1.91. The van der Waals surface area contributed by atoms with Crippen molar-refractivity contribution in [3.63, 3.8) is 0 Å². The normalized spacial score (nSPS) is 10.4. The van der Waals surface area contributed by atoms with E-state index in [1.165, 1.54) is 0 Å². The van der Waals surface area contributed by atoms with E-state index in [0.717, 1.165) is 24.2 Å². The number of hydrogen-bond donors (Lipinski definition) is 1. The molecule has 4 nitrogen and oxygen atoms in total. The Morgan fingerprint density at radius 1 is 1.29 bits per heavy atom. The molecule has 0 spiro atoms. The Hall–Kier alpha value is -1.78. The van der Waals surface area contributed by atoms with Gasteiger partial charge in [0.15, 0.2) is 0 Å². The molecule has 5 heteroatoms. The predicted molar refractivity (Wildman–Crippen MR) is 84.0 cm³/mol. The third-order valence-electron chi connectivity index (χ3n) is 3.00. The third-order valence-corrected chi connectivity index (χ3v) is 3.30. The fourth-order valence-corrected chi connectivity index (χ4v) is 2.17. The minimum Gasteiger partial charge on any atom is -0.487 e. The highest BCUT2D eigenvalue weighted by Crippen LogP contribution is 2.27. The van der Waals surface area contributed by atoms with Crippen LogP contribution in [0.4, 0.5) is 0 Å². The molecule has 0 atom stereocenters. The summed E-state index contributed by atoms with van der Waals surface area (Å²) in [4.78, 5) is 4.14. The maximum atomic E-state index is 6.25. The van der Waals surface area contributed by atoms with Crippen LogP contribution in [-0.4, -0.2) is 18.6 Å². The van der Waals surface area contributed by atoms with Crippen molar-refractivity contribution >= 4 is 11.6 Å². The lowest BCUT2D eigenvalue weighted by Crippen LogP contribution is -2.11. The number of hydrogen-bond acceptors (Lipinski definition) is 4. The molecule has 0 aliphatic rings. The summed E-state index contributed by atoms with van der Waals surface area (Å²) >= 11 is 6.25. The second-order valence-corrected chi connectivity index (χ2v) is 4.91. The Labute approximate surface area is 130 Å². The number of aromatic nitrogens is 1. The molecule has 0 fully saturated rings. The first-order valence-corrected chi connectivity index (χ1v) is 7.22. The van der Waals surface area contributed by atoms with Crippen LogP contribution in [0.1, 0.15) is 18.1 Å². The Balaban J connectivity index is 2.03. The Bertz CT molecular complexity index is 590. The molecule has 0 saturated heterocycles. The largest absolute Gasteiger partial charge is 0.487 e. The quantitative estimate of drug-likeness (QED) is 0.851. The molecule has 0 saturated carbocycles.